The molecule has 4 nitrogen and oxygen atoms in total. The number of aryl methyl sites for hydroxylation is 2. The molecule has 0 saturated heterocycles. The number of ether oxygens (including phenoxy) is 2. The summed E-state index contributed by atoms with van der Waals surface area (Å²) in [6.07, 6.45) is 8.31. The van der Waals surface area contributed by atoms with Crippen LogP contribution < -0.4 is 9.13 Å². The van der Waals surface area contributed by atoms with Gasteiger partial charge in [-0.25, -0.2) is 9.13 Å². The molecule has 0 aliphatic carbocycles. The second kappa shape index (κ2) is 9.28. The van der Waals surface area contributed by atoms with Gasteiger partial charge in [0.25, 0.3) is 0 Å². The molecule has 2 aromatic rings. The summed E-state index contributed by atoms with van der Waals surface area (Å²) in [6.45, 7) is 8.64. The summed E-state index contributed by atoms with van der Waals surface area (Å²) < 4.78 is 15.4. The van der Waals surface area contributed by atoms with Gasteiger partial charge in [0.05, 0.1) is 13.2 Å². The maximum atomic E-state index is 5.58. The zero-order chi connectivity index (χ0) is 15.6. The molecule has 0 unspecified atom stereocenters. The predicted molar refractivity (Wildman–Crippen MR) is 84.4 cm³/mol. The molecule has 0 atom stereocenters. The third-order valence-corrected chi connectivity index (χ3v) is 3.48. The molecule has 0 aliphatic rings. The maximum absolute atomic E-state index is 5.58. The van der Waals surface area contributed by atoms with E-state index in [9.17, 15) is 0 Å². The molecule has 2 aromatic heterocycles. The van der Waals surface area contributed by atoms with Crippen LogP contribution in [0.25, 0.3) is 0 Å². The normalized spacial score (nSPS) is 10.8. The fraction of sp³-hybridized carbons (Fsp3) is 0.444. The molecule has 0 bridgehead atoms. The van der Waals surface area contributed by atoms with Gasteiger partial charge in [-0.1, -0.05) is 0 Å². The highest BCUT2D eigenvalue weighted by atomic mass is 16.5. The van der Waals surface area contributed by atoms with Gasteiger partial charge >= 0.3 is 0 Å². The second-order valence-corrected chi connectivity index (χ2v) is 5.45. The summed E-state index contributed by atoms with van der Waals surface area (Å²) in [4.78, 5) is 0. The molecular weight excluding hydrogens is 276 g/mol. The lowest BCUT2D eigenvalue weighted by atomic mass is 10.3. The van der Waals surface area contributed by atoms with Crippen LogP contribution in [0.1, 0.15) is 11.1 Å². The summed E-state index contributed by atoms with van der Waals surface area (Å²) in [5.41, 5.74) is 2.55. The molecule has 0 fully saturated rings. The number of nitrogens with zero attached hydrogens (tertiary/aromatic N) is 2. The van der Waals surface area contributed by atoms with Crippen LogP contribution in [0.5, 0.6) is 0 Å². The predicted octanol–water partition coefficient (Wildman–Crippen LogP) is 1.61. The van der Waals surface area contributed by atoms with Crippen molar-refractivity contribution in [2.75, 3.05) is 26.4 Å². The third kappa shape index (κ3) is 6.33. The average molecular weight is 302 g/mol. The van der Waals surface area contributed by atoms with Crippen LogP contribution in [0.4, 0.5) is 0 Å². The van der Waals surface area contributed by atoms with Crippen molar-refractivity contribution in [3.63, 3.8) is 0 Å². The van der Waals surface area contributed by atoms with Crippen molar-refractivity contribution in [3.8, 4) is 0 Å². The minimum atomic E-state index is 0.644. The Balaban J connectivity index is 1.47. The Kier molecular flexibility index (Phi) is 7.00. The SMILES string of the molecule is Cc1cc[n+](CCOCCOCC[n+]2ccc(C)cc2)cc1. The highest BCUT2D eigenvalue weighted by Crippen LogP contribution is 1.90. The first kappa shape index (κ1) is 16.6. The Morgan fingerprint density at radius 1 is 0.636 bits per heavy atom. The summed E-state index contributed by atoms with van der Waals surface area (Å²) in [5, 5.41) is 0. The fourth-order valence-electron chi connectivity index (χ4n) is 2.02. The molecule has 0 aliphatic heterocycles. The van der Waals surface area contributed by atoms with E-state index in [-0.39, 0.29) is 0 Å². The Morgan fingerprint density at radius 3 is 1.36 bits per heavy atom. The van der Waals surface area contributed by atoms with Gasteiger partial charge in [0.1, 0.15) is 13.2 Å². The Hall–Kier alpha value is -1.78. The quantitative estimate of drug-likeness (QED) is 0.520. The van der Waals surface area contributed by atoms with E-state index in [0.717, 1.165) is 13.1 Å². The molecule has 0 saturated carbocycles. The number of hydrogen-bond donors (Lipinski definition) is 0. The van der Waals surface area contributed by atoms with Crippen LogP contribution in [-0.4, -0.2) is 26.4 Å². The second-order valence-electron chi connectivity index (χ2n) is 5.45. The van der Waals surface area contributed by atoms with Crippen LogP contribution in [0.15, 0.2) is 49.1 Å². The third-order valence-electron chi connectivity index (χ3n) is 3.48. The molecule has 0 N–H and O–H groups in total. The van der Waals surface area contributed by atoms with Crippen molar-refractivity contribution < 1.29 is 18.6 Å². The molecule has 2 rings (SSSR count). The topological polar surface area (TPSA) is 26.2 Å². The smallest absolute Gasteiger partial charge is 0.171 e. The molecule has 0 spiro atoms. The van der Waals surface area contributed by atoms with E-state index >= 15 is 0 Å². The number of aromatic nitrogens is 2. The molecule has 0 radical (unpaired) electrons. The van der Waals surface area contributed by atoms with Gasteiger partial charge in [0, 0.05) is 24.3 Å². The van der Waals surface area contributed by atoms with E-state index in [1.165, 1.54) is 11.1 Å². The lowest BCUT2D eigenvalue weighted by Crippen LogP contribution is -2.36. The zero-order valence-corrected chi connectivity index (χ0v) is 13.6. The lowest BCUT2D eigenvalue weighted by molar-refractivity contribution is -0.699. The molecule has 0 amide bonds. The first-order valence-corrected chi connectivity index (χ1v) is 7.81. The summed E-state index contributed by atoms with van der Waals surface area (Å²) in [7, 11) is 0. The Labute approximate surface area is 132 Å². The summed E-state index contributed by atoms with van der Waals surface area (Å²) >= 11 is 0. The minimum Gasteiger partial charge on any atom is -0.372 e. The number of pyridine rings is 2. The van der Waals surface area contributed by atoms with Crippen LogP contribution in [0, 0.1) is 13.8 Å². The maximum Gasteiger partial charge on any atom is 0.171 e. The number of hydrogen-bond acceptors (Lipinski definition) is 2. The zero-order valence-electron chi connectivity index (χ0n) is 13.6. The Bertz CT molecular complexity index is 487. The summed E-state index contributed by atoms with van der Waals surface area (Å²) in [6, 6.07) is 8.41. The van der Waals surface area contributed by atoms with E-state index in [0.29, 0.717) is 26.4 Å². The van der Waals surface area contributed by atoms with Crippen molar-refractivity contribution in [1.82, 2.24) is 0 Å². The first-order valence-electron chi connectivity index (χ1n) is 7.81. The van der Waals surface area contributed by atoms with Crippen LogP contribution in [0.3, 0.4) is 0 Å². The van der Waals surface area contributed by atoms with E-state index in [1.807, 2.05) is 0 Å². The van der Waals surface area contributed by atoms with E-state index in [1.54, 1.807) is 0 Å². The van der Waals surface area contributed by atoms with Crippen molar-refractivity contribution >= 4 is 0 Å². The minimum absolute atomic E-state index is 0.644. The highest BCUT2D eigenvalue weighted by Gasteiger charge is 2.01. The van der Waals surface area contributed by atoms with Crippen molar-refractivity contribution in [3.05, 3.63) is 60.2 Å². The van der Waals surface area contributed by atoms with E-state index in [2.05, 4.69) is 72.0 Å². The van der Waals surface area contributed by atoms with Crippen LogP contribution in [0.2, 0.25) is 0 Å². The van der Waals surface area contributed by atoms with Crippen LogP contribution >= 0.6 is 0 Å². The molecular formula is C18H26N2O2+2. The molecule has 22 heavy (non-hydrogen) atoms. The van der Waals surface area contributed by atoms with Crippen LogP contribution in [-0.2, 0) is 22.6 Å². The van der Waals surface area contributed by atoms with Gasteiger partial charge in [-0.2, -0.15) is 0 Å². The molecule has 4 heteroatoms. The monoisotopic (exact) mass is 302 g/mol. The first-order chi connectivity index (χ1) is 10.7. The van der Waals surface area contributed by atoms with Gasteiger partial charge in [-0.05, 0) is 25.0 Å². The lowest BCUT2D eigenvalue weighted by Gasteiger charge is -2.03. The van der Waals surface area contributed by atoms with Gasteiger partial charge in [-0.15, -0.1) is 0 Å². The molecule has 0 aromatic carbocycles. The largest absolute Gasteiger partial charge is 0.372 e. The van der Waals surface area contributed by atoms with Gasteiger partial charge in [0.15, 0.2) is 37.9 Å². The molecule has 118 valence electrons. The standard InChI is InChI=1S/C18H26N2O2/c1-17-3-7-19(8-4-17)11-13-21-15-16-22-14-12-20-9-5-18(2)6-10-20/h3-10H,11-16H2,1-2H3/q+2. The average Bonchev–Trinajstić information content (AvgIpc) is 2.53. The van der Waals surface area contributed by atoms with Gasteiger partial charge in [0.2, 0.25) is 0 Å². The van der Waals surface area contributed by atoms with E-state index < -0.39 is 0 Å². The van der Waals surface area contributed by atoms with E-state index in [4.69, 9.17) is 9.47 Å². The highest BCUT2D eigenvalue weighted by molar-refractivity contribution is 5.03. The van der Waals surface area contributed by atoms with Crippen molar-refractivity contribution in [2.24, 2.45) is 0 Å². The summed E-state index contributed by atoms with van der Waals surface area (Å²) in [5.74, 6) is 0. The number of rotatable bonds is 9. The van der Waals surface area contributed by atoms with Gasteiger partial charge < -0.3 is 9.47 Å². The fourth-order valence-corrected chi connectivity index (χ4v) is 2.02. The molecule has 2 heterocycles. The van der Waals surface area contributed by atoms with Crippen molar-refractivity contribution in [2.45, 2.75) is 26.9 Å². The van der Waals surface area contributed by atoms with Crippen molar-refractivity contribution in [1.29, 1.82) is 0 Å². The Morgan fingerprint density at radius 2 is 1.00 bits per heavy atom. The van der Waals surface area contributed by atoms with Gasteiger partial charge in [-0.3, -0.25) is 0 Å².